The molecule has 0 radical (unpaired) electrons. The fourth-order valence-electron chi connectivity index (χ4n) is 1.49. The molecule has 0 aromatic heterocycles. The standard InChI is InChI=1S/C13H18N2O4/c1-9(12(16)17)15(2)13(18)14-8-10-6-4-5-7-11(10)19-3/h4-7,9H,8H2,1-3H3,(H,14,18)(H,16,17). The number of rotatable bonds is 5. The minimum absolute atomic E-state index is 0.277. The van der Waals surface area contributed by atoms with E-state index in [0.717, 1.165) is 10.5 Å². The molecular formula is C13H18N2O4. The molecule has 0 aliphatic rings. The van der Waals surface area contributed by atoms with Crippen molar-refractivity contribution < 1.29 is 19.4 Å². The number of nitrogens with zero attached hydrogens (tertiary/aromatic N) is 1. The van der Waals surface area contributed by atoms with Gasteiger partial charge in [-0.15, -0.1) is 0 Å². The number of para-hydroxylation sites is 1. The molecule has 1 aromatic carbocycles. The van der Waals surface area contributed by atoms with Crippen LogP contribution >= 0.6 is 0 Å². The van der Waals surface area contributed by atoms with Crippen LogP contribution in [0.15, 0.2) is 24.3 Å². The molecule has 6 nitrogen and oxygen atoms in total. The first-order valence-corrected chi connectivity index (χ1v) is 5.82. The molecule has 19 heavy (non-hydrogen) atoms. The van der Waals surface area contributed by atoms with Gasteiger partial charge in [-0.3, -0.25) is 0 Å². The summed E-state index contributed by atoms with van der Waals surface area (Å²) in [7, 11) is 3.00. The molecule has 0 aliphatic carbocycles. The summed E-state index contributed by atoms with van der Waals surface area (Å²) in [6.07, 6.45) is 0. The van der Waals surface area contributed by atoms with Gasteiger partial charge in [-0.05, 0) is 13.0 Å². The number of carbonyl (C=O) groups is 2. The minimum atomic E-state index is -1.05. The molecule has 2 N–H and O–H groups in total. The van der Waals surface area contributed by atoms with Crippen molar-refractivity contribution in [2.24, 2.45) is 0 Å². The van der Waals surface area contributed by atoms with Crippen molar-refractivity contribution in [3.8, 4) is 5.75 Å². The van der Waals surface area contributed by atoms with Crippen LogP contribution in [-0.2, 0) is 11.3 Å². The number of nitrogens with one attached hydrogen (secondary N) is 1. The van der Waals surface area contributed by atoms with Crippen LogP contribution in [0.4, 0.5) is 4.79 Å². The van der Waals surface area contributed by atoms with Crippen molar-refractivity contribution in [2.45, 2.75) is 19.5 Å². The van der Waals surface area contributed by atoms with Gasteiger partial charge in [-0.1, -0.05) is 18.2 Å². The Bertz CT molecular complexity index is 462. The minimum Gasteiger partial charge on any atom is -0.496 e. The fourth-order valence-corrected chi connectivity index (χ4v) is 1.49. The Morgan fingerprint density at radius 1 is 1.42 bits per heavy atom. The van der Waals surface area contributed by atoms with Crippen LogP contribution in [0.25, 0.3) is 0 Å². The molecule has 0 saturated heterocycles. The van der Waals surface area contributed by atoms with Gasteiger partial charge in [0.15, 0.2) is 0 Å². The van der Waals surface area contributed by atoms with Gasteiger partial charge >= 0.3 is 12.0 Å². The number of hydrogen-bond donors (Lipinski definition) is 2. The number of likely N-dealkylation sites (N-methyl/N-ethyl adjacent to an activating group) is 1. The van der Waals surface area contributed by atoms with Gasteiger partial charge < -0.3 is 20.1 Å². The molecule has 0 saturated carbocycles. The SMILES string of the molecule is COc1ccccc1CNC(=O)N(C)C(C)C(=O)O. The number of methoxy groups -OCH3 is 1. The van der Waals surface area contributed by atoms with E-state index in [2.05, 4.69) is 5.32 Å². The predicted octanol–water partition coefficient (Wildman–Crippen LogP) is 1.31. The lowest BCUT2D eigenvalue weighted by Crippen LogP contribution is -2.45. The Kier molecular flexibility index (Phi) is 5.17. The molecule has 0 heterocycles. The lowest BCUT2D eigenvalue weighted by molar-refractivity contribution is -0.141. The van der Waals surface area contributed by atoms with Crippen molar-refractivity contribution in [3.05, 3.63) is 29.8 Å². The number of ether oxygens (including phenoxy) is 1. The average molecular weight is 266 g/mol. The van der Waals surface area contributed by atoms with Crippen molar-refractivity contribution in [1.29, 1.82) is 0 Å². The van der Waals surface area contributed by atoms with E-state index in [9.17, 15) is 9.59 Å². The smallest absolute Gasteiger partial charge is 0.326 e. The third-order valence-electron chi connectivity index (χ3n) is 2.88. The van der Waals surface area contributed by atoms with Crippen LogP contribution in [0.5, 0.6) is 5.75 Å². The van der Waals surface area contributed by atoms with E-state index in [0.29, 0.717) is 5.75 Å². The number of amides is 2. The van der Waals surface area contributed by atoms with Crippen LogP contribution in [-0.4, -0.2) is 42.2 Å². The summed E-state index contributed by atoms with van der Waals surface area (Å²) in [5.74, 6) is -0.369. The van der Waals surface area contributed by atoms with Gasteiger partial charge in [0, 0.05) is 19.2 Å². The van der Waals surface area contributed by atoms with Crippen molar-refractivity contribution in [2.75, 3.05) is 14.2 Å². The second-order valence-corrected chi connectivity index (χ2v) is 4.10. The van der Waals surface area contributed by atoms with Gasteiger partial charge in [-0.2, -0.15) is 0 Å². The zero-order valence-electron chi connectivity index (χ0n) is 11.2. The summed E-state index contributed by atoms with van der Waals surface area (Å²) in [5.41, 5.74) is 0.828. The summed E-state index contributed by atoms with van der Waals surface area (Å²) >= 11 is 0. The van der Waals surface area contributed by atoms with Gasteiger partial charge in [0.1, 0.15) is 11.8 Å². The zero-order chi connectivity index (χ0) is 14.4. The number of hydrogen-bond acceptors (Lipinski definition) is 3. The number of carbonyl (C=O) groups excluding carboxylic acids is 1. The Balaban J connectivity index is 2.61. The fraction of sp³-hybridized carbons (Fsp3) is 0.385. The molecule has 0 aliphatic heterocycles. The summed E-state index contributed by atoms with van der Waals surface area (Å²) in [4.78, 5) is 23.7. The van der Waals surface area contributed by atoms with Gasteiger partial charge in [-0.25, -0.2) is 9.59 Å². The third kappa shape index (κ3) is 3.87. The first-order chi connectivity index (χ1) is 8.97. The van der Waals surface area contributed by atoms with Crippen LogP contribution < -0.4 is 10.1 Å². The predicted molar refractivity (Wildman–Crippen MR) is 70.1 cm³/mol. The summed E-state index contributed by atoms with van der Waals surface area (Å²) in [6, 6.07) is 5.99. The Labute approximate surface area is 112 Å². The van der Waals surface area contributed by atoms with E-state index in [1.165, 1.54) is 14.0 Å². The molecule has 1 rings (SSSR count). The van der Waals surface area contributed by atoms with E-state index < -0.39 is 18.0 Å². The molecule has 1 unspecified atom stereocenters. The second-order valence-electron chi connectivity index (χ2n) is 4.10. The molecule has 104 valence electrons. The maximum absolute atomic E-state index is 11.8. The highest BCUT2D eigenvalue weighted by Gasteiger charge is 2.21. The molecular weight excluding hydrogens is 248 g/mol. The third-order valence-corrected chi connectivity index (χ3v) is 2.88. The van der Waals surface area contributed by atoms with Crippen molar-refractivity contribution in [1.82, 2.24) is 10.2 Å². The van der Waals surface area contributed by atoms with E-state index in [-0.39, 0.29) is 6.54 Å². The highest BCUT2D eigenvalue weighted by Crippen LogP contribution is 2.16. The number of aliphatic carboxylic acids is 1. The van der Waals surface area contributed by atoms with Crippen LogP contribution in [0.3, 0.4) is 0 Å². The maximum atomic E-state index is 11.8. The van der Waals surface area contributed by atoms with Crippen molar-refractivity contribution in [3.63, 3.8) is 0 Å². The molecule has 0 bridgehead atoms. The van der Waals surface area contributed by atoms with Crippen LogP contribution in [0.1, 0.15) is 12.5 Å². The van der Waals surface area contributed by atoms with Gasteiger partial charge in [0.25, 0.3) is 0 Å². The lowest BCUT2D eigenvalue weighted by atomic mass is 10.2. The van der Waals surface area contributed by atoms with Crippen LogP contribution in [0.2, 0.25) is 0 Å². The summed E-state index contributed by atoms with van der Waals surface area (Å²) in [5, 5.41) is 11.5. The summed E-state index contributed by atoms with van der Waals surface area (Å²) < 4.78 is 5.16. The van der Waals surface area contributed by atoms with Gasteiger partial charge in [0.2, 0.25) is 0 Å². The number of carboxylic acids is 1. The molecule has 0 fully saturated rings. The van der Waals surface area contributed by atoms with Crippen LogP contribution in [0, 0.1) is 0 Å². The van der Waals surface area contributed by atoms with E-state index in [4.69, 9.17) is 9.84 Å². The Hall–Kier alpha value is -2.24. The maximum Gasteiger partial charge on any atom is 0.326 e. The highest BCUT2D eigenvalue weighted by molar-refractivity contribution is 5.82. The Morgan fingerprint density at radius 2 is 2.05 bits per heavy atom. The first kappa shape index (κ1) is 14.8. The molecule has 1 aromatic rings. The quantitative estimate of drug-likeness (QED) is 0.842. The molecule has 1 atom stereocenters. The highest BCUT2D eigenvalue weighted by atomic mass is 16.5. The second kappa shape index (κ2) is 6.63. The largest absolute Gasteiger partial charge is 0.496 e. The van der Waals surface area contributed by atoms with E-state index in [1.807, 2.05) is 18.2 Å². The topological polar surface area (TPSA) is 78.9 Å². The zero-order valence-corrected chi connectivity index (χ0v) is 11.2. The lowest BCUT2D eigenvalue weighted by Gasteiger charge is -2.22. The summed E-state index contributed by atoms with van der Waals surface area (Å²) in [6.45, 7) is 1.73. The van der Waals surface area contributed by atoms with Gasteiger partial charge in [0.05, 0.1) is 7.11 Å². The Morgan fingerprint density at radius 3 is 2.63 bits per heavy atom. The number of benzene rings is 1. The monoisotopic (exact) mass is 266 g/mol. The normalized spacial score (nSPS) is 11.5. The van der Waals surface area contributed by atoms with E-state index in [1.54, 1.807) is 13.2 Å². The molecule has 0 spiro atoms. The number of carboxylic acid groups (broad SMARTS) is 1. The average Bonchev–Trinajstić information content (AvgIpc) is 2.43. The molecule has 6 heteroatoms. The first-order valence-electron chi connectivity index (χ1n) is 5.82. The molecule has 2 amide bonds. The van der Waals surface area contributed by atoms with Crippen molar-refractivity contribution >= 4 is 12.0 Å². The van der Waals surface area contributed by atoms with E-state index >= 15 is 0 Å². The number of urea groups is 1.